The average Bonchev–Trinajstić information content (AvgIpc) is 3.36. The second-order valence-corrected chi connectivity index (χ2v) is 11.9. The molecule has 1 N–H and O–H groups in total. The highest BCUT2D eigenvalue weighted by Gasteiger charge is 2.29. The molecule has 0 aromatic carbocycles. The first-order valence-corrected chi connectivity index (χ1v) is 13.8. The molecule has 0 unspecified atom stereocenters. The van der Waals surface area contributed by atoms with E-state index >= 15 is 0 Å². The standard InChI is InChI=1S/C26H38N4O2S/c1-18-27-16-24(33-18)15-25(31)28-23-6-4-19(5-7-23)8-11-30-12-9-21(10-13-30)26-22(17-32-29-26)14-20-2-3-20/h16-17,19-21,23H,2-15H2,1H3,(H,28,31). The molecule has 0 atom stereocenters. The fraction of sp³-hybridized carbons (Fsp3) is 0.731. The predicted molar refractivity (Wildman–Crippen MR) is 130 cm³/mol. The van der Waals surface area contributed by atoms with E-state index in [1.807, 2.05) is 19.4 Å². The molecule has 1 saturated heterocycles. The summed E-state index contributed by atoms with van der Waals surface area (Å²) in [6.45, 7) is 5.57. The largest absolute Gasteiger partial charge is 0.364 e. The molecule has 6 nitrogen and oxygen atoms in total. The highest BCUT2D eigenvalue weighted by molar-refractivity contribution is 7.11. The van der Waals surface area contributed by atoms with E-state index in [0.717, 1.165) is 34.6 Å². The lowest BCUT2D eigenvalue weighted by Crippen LogP contribution is -2.39. The predicted octanol–water partition coefficient (Wildman–Crippen LogP) is 4.88. The monoisotopic (exact) mass is 470 g/mol. The summed E-state index contributed by atoms with van der Waals surface area (Å²) in [6.07, 6.45) is 16.6. The molecule has 3 fully saturated rings. The number of rotatable bonds is 9. The van der Waals surface area contributed by atoms with Crippen LogP contribution < -0.4 is 5.32 Å². The van der Waals surface area contributed by atoms with E-state index in [1.165, 1.54) is 82.3 Å². The number of aromatic nitrogens is 2. The third-order valence-electron chi connectivity index (χ3n) is 7.92. The minimum absolute atomic E-state index is 0.150. The van der Waals surface area contributed by atoms with Crippen LogP contribution in [0.5, 0.6) is 0 Å². The van der Waals surface area contributed by atoms with Gasteiger partial charge in [0.15, 0.2) is 0 Å². The fourth-order valence-electron chi connectivity index (χ4n) is 5.70. The van der Waals surface area contributed by atoms with Crippen molar-refractivity contribution in [1.29, 1.82) is 0 Å². The molecular formula is C26H38N4O2S. The molecule has 7 heteroatoms. The van der Waals surface area contributed by atoms with Crippen molar-refractivity contribution in [3.8, 4) is 0 Å². The maximum atomic E-state index is 12.3. The van der Waals surface area contributed by atoms with Crippen molar-refractivity contribution >= 4 is 17.2 Å². The van der Waals surface area contributed by atoms with Crippen molar-refractivity contribution in [3.05, 3.63) is 33.6 Å². The van der Waals surface area contributed by atoms with Gasteiger partial charge in [0, 0.05) is 28.6 Å². The zero-order chi connectivity index (χ0) is 22.6. The number of hydrogen-bond acceptors (Lipinski definition) is 6. The summed E-state index contributed by atoms with van der Waals surface area (Å²) in [4.78, 5) is 20.3. The van der Waals surface area contributed by atoms with Gasteiger partial charge in [0.25, 0.3) is 0 Å². The lowest BCUT2D eigenvalue weighted by atomic mass is 9.83. The molecule has 0 radical (unpaired) electrons. The van der Waals surface area contributed by atoms with E-state index in [1.54, 1.807) is 11.3 Å². The van der Waals surface area contributed by atoms with Gasteiger partial charge in [0.05, 0.1) is 17.1 Å². The van der Waals surface area contributed by atoms with Gasteiger partial charge in [-0.15, -0.1) is 11.3 Å². The summed E-state index contributed by atoms with van der Waals surface area (Å²) in [7, 11) is 0. The summed E-state index contributed by atoms with van der Waals surface area (Å²) >= 11 is 1.62. The van der Waals surface area contributed by atoms with Crippen molar-refractivity contribution in [2.75, 3.05) is 19.6 Å². The Bertz CT molecular complexity index is 905. The van der Waals surface area contributed by atoms with E-state index < -0.39 is 0 Å². The van der Waals surface area contributed by atoms with Crippen LogP contribution in [0.15, 0.2) is 17.0 Å². The Balaban J connectivity index is 0.977. The first-order valence-electron chi connectivity index (χ1n) is 13.0. The van der Waals surface area contributed by atoms with Crippen molar-refractivity contribution < 1.29 is 9.32 Å². The van der Waals surface area contributed by atoms with Crippen LogP contribution in [0.3, 0.4) is 0 Å². The van der Waals surface area contributed by atoms with Gasteiger partial charge >= 0.3 is 0 Å². The number of piperidine rings is 1. The summed E-state index contributed by atoms with van der Waals surface area (Å²) in [5.41, 5.74) is 2.63. The number of nitrogens with zero attached hydrogens (tertiary/aromatic N) is 3. The molecular weight excluding hydrogens is 432 g/mol. The van der Waals surface area contributed by atoms with Crippen LogP contribution in [-0.2, 0) is 17.6 Å². The molecule has 3 aliphatic rings. The molecule has 2 aliphatic carbocycles. The third-order valence-corrected chi connectivity index (χ3v) is 8.84. The van der Waals surface area contributed by atoms with Crippen LogP contribution in [0.2, 0.25) is 0 Å². The number of carbonyl (C=O) groups is 1. The van der Waals surface area contributed by atoms with Crippen LogP contribution in [-0.4, -0.2) is 46.6 Å². The molecule has 2 saturated carbocycles. The highest BCUT2D eigenvalue weighted by Crippen LogP contribution is 2.37. The molecule has 0 bridgehead atoms. The Hall–Kier alpha value is -1.73. The summed E-state index contributed by atoms with van der Waals surface area (Å²) in [5, 5.41) is 8.67. The molecule has 0 spiro atoms. The smallest absolute Gasteiger partial charge is 0.225 e. The van der Waals surface area contributed by atoms with Crippen LogP contribution in [0.1, 0.15) is 84.8 Å². The van der Waals surface area contributed by atoms with E-state index in [9.17, 15) is 4.79 Å². The van der Waals surface area contributed by atoms with Crippen LogP contribution in [0, 0.1) is 18.8 Å². The zero-order valence-electron chi connectivity index (χ0n) is 19.9. The topological polar surface area (TPSA) is 71.3 Å². The number of thiazole rings is 1. The molecule has 2 aromatic heterocycles. The number of nitrogens with one attached hydrogen (secondary N) is 1. The van der Waals surface area contributed by atoms with Gasteiger partial charge in [0.1, 0.15) is 6.26 Å². The maximum absolute atomic E-state index is 12.3. The molecule has 1 amide bonds. The van der Waals surface area contributed by atoms with Gasteiger partial charge in [-0.1, -0.05) is 5.16 Å². The minimum atomic E-state index is 0.150. The Morgan fingerprint density at radius 2 is 1.88 bits per heavy atom. The van der Waals surface area contributed by atoms with Gasteiger partial charge in [-0.2, -0.15) is 0 Å². The Morgan fingerprint density at radius 1 is 1.12 bits per heavy atom. The summed E-state index contributed by atoms with van der Waals surface area (Å²) in [6, 6.07) is 0.353. The Kier molecular flexibility index (Phi) is 7.46. The second-order valence-electron chi connectivity index (χ2n) is 10.6. The molecule has 1 aliphatic heterocycles. The zero-order valence-corrected chi connectivity index (χ0v) is 20.7. The van der Waals surface area contributed by atoms with Crippen molar-refractivity contribution in [2.45, 2.75) is 89.5 Å². The van der Waals surface area contributed by atoms with Gasteiger partial charge < -0.3 is 14.7 Å². The van der Waals surface area contributed by atoms with E-state index in [-0.39, 0.29) is 5.91 Å². The fourth-order valence-corrected chi connectivity index (χ4v) is 6.50. The van der Waals surface area contributed by atoms with Crippen LogP contribution in [0.25, 0.3) is 0 Å². The number of carbonyl (C=O) groups excluding carboxylic acids is 1. The lowest BCUT2D eigenvalue weighted by Gasteiger charge is -2.34. The number of amides is 1. The van der Waals surface area contributed by atoms with Gasteiger partial charge in [-0.25, -0.2) is 4.98 Å². The van der Waals surface area contributed by atoms with Crippen molar-refractivity contribution in [3.63, 3.8) is 0 Å². The Labute approximate surface area is 201 Å². The molecule has 2 aromatic rings. The minimum Gasteiger partial charge on any atom is -0.364 e. The number of aryl methyl sites for hydroxylation is 1. The highest BCUT2D eigenvalue weighted by atomic mass is 32.1. The summed E-state index contributed by atoms with van der Waals surface area (Å²) in [5.74, 6) is 2.42. The van der Waals surface area contributed by atoms with E-state index in [2.05, 4.69) is 20.4 Å². The van der Waals surface area contributed by atoms with Crippen molar-refractivity contribution in [2.24, 2.45) is 11.8 Å². The second kappa shape index (κ2) is 10.7. The first-order chi connectivity index (χ1) is 16.1. The number of hydrogen-bond donors (Lipinski definition) is 1. The van der Waals surface area contributed by atoms with Crippen LogP contribution >= 0.6 is 11.3 Å². The lowest BCUT2D eigenvalue weighted by molar-refractivity contribution is -0.121. The van der Waals surface area contributed by atoms with Gasteiger partial charge in [0.2, 0.25) is 5.91 Å². The number of likely N-dealkylation sites (tertiary alicyclic amines) is 1. The quantitative estimate of drug-likeness (QED) is 0.566. The molecule has 5 rings (SSSR count). The van der Waals surface area contributed by atoms with E-state index in [0.29, 0.717) is 18.4 Å². The normalized spacial score (nSPS) is 24.8. The molecule has 3 heterocycles. The average molecular weight is 471 g/mol. The van der Waals surface area contributed by atoms with Crippen molar-refractivity contribution in [1.82, 2.24) is 20.4 Å². The molecule has 33 heavy (non-hydrogen) atoms. The Morgan fingerprint density at radius 3 is 2.58 bits per heavy atom. The maximum Gasteiger partial charge on any atom is 0.225 e. The van der Waals surface area contributed by atoms with E-state index in [4.69, 9.17) is 4.52 Å². The SMILES string of the molecule is Cc1ncc(CC(=O)NC2CCC(CCN3CCC(c4nocc4CC4CC4)CC3)CC2)s1. The first kappa shape index (κ1) is 23.0. The van der Waals surface area contributed by atoms with Gasteiger partial charge in [-0.3, -0.25) is 4.79 Å². The molecule has 180 valence electrons. The third kappa shape index (κ3) is 6.44. The van der Waals surface area contributed by atoms with Crippen LogP contribution in [0.4, 0.5) is 0 Å². The summed E-state index contributed by atoms with van der Waals surface area (Å²) < 4.78 is 5.35. The van der Waals surface area contributed by atoms with Gasteiger partial charge in [-0.05, 0) is 103 Å².